The summed E-state index contributed by atoms with van der Waals surface area (Å²) in [7, 11) is 0. The minimum absolute atomic E-state index is 1.18. The van der Waals surface area contributed by atoms with Gasteiger partial charge < -0.3 is 0 Å². The van der Waals surface area contributed by atoms with Crippen LogP contribution >= 0.6 is 0 Å². The molecule has 94 valence electrons. The standard InChI is InChI=1S/C18H22/c1-13-11-16-9-4-3-7-15-8-5-6-10-17(15)18(16)12-14(13)2/h5-6,8,10H,3-4,7,9,11-12H2,1-2H3. The number of allylic oxidation sites excluding steroid dienone is 4. The Morgan fingerprint density at radius 1 is 0.833 bits per heavy atom. The monoisotopic (exact) mass is 238 g/mol. The van der Waals surface area contributed by atoms with E-state index < -0.39 is 0 Å². The number of rotatable bonds is 0. The summed E-state index contributed by atoms with van der Waals surface area (Å²) >= 11 is 0. The first kappa shape index (κ1) is 11.8. The molecule has 0 amide bonds. The Hall–Kier alpha value is -1.30. The molecule has 1 aromatic rings. The third kappa shape index (κ3) is 2.05. The Morgan fingerprint density at radius 2 is 1.56 bits per heavy atom. The summed E-state index contributed by atoms with van der Waals surface area (Å²) in [6.45, 7) is 4.62. The zero-order valence-electron chi connectivity index (χ0n) is 11.6. The molecule has 2 aliphatic rings. The number of hydrogen-bond acceptors (Lipinski definition) is 0. The number of aryl methyl sites for hydroxylation is 1. The molecular weight excluding hydrogens is 216 g/mol. The third-order valence-electron chi connectivity index (χ3n) is 4.59. The lowest BCUT2D eigenvalue weighted by Gasteiger charge is -2.27. The molecular formula is C18H22. The van der Waals surface area contributed by atoms with Crippen molar-refractivity contribution in [2.24, 2.45) is 0 Å². The third-order valence-corrected chi connectivity index (χ3v) is 4.59. The highest BCUT2D eigenvalue weighted by atomic mass is 14.2. The molecule has 0 spiro atoms. The first-order chi connectivity index (χ1) is 8.75. The topological polar surface area (TPSA) is 0 Å². The van der Waals surface area contributed by atoms with Crippen LogP contribution in [0.5, 0.6) is 0 Å². The molecule has 0 unspecified atom stereocenters. The van der Waals surface area contributed by atoms with Gasteiger partial charge in [-0.1, -0.05) is 41.0 Å². The van der Waals surface area contributed by atoms with Crippen molar-refractivity contribution in [1.82, 2.24) is 0 Å². The van der Waals surface area contributed by atoms with Gasteiger partial charge in [-0.25, -0.2) is 0 Å². The van der Waals surface area contributed by atoms with Crippen LogP contribution in [0.15, 0.2) is 41.0 Å². The normalized spacial score (nSPS) is 20.1. The average Bonchev–Trinajstić information content (AvgIpc) is 2.37. The quantitative estimate of drug-likeness (QED) is 0.538. The highest BCUT2D eigenvalue weighted by molar-refractivity contribution is 5.75. The zero-order chi connectivity index (χ0) is 12.5. The Morgan fingerprint density at radius 3 is 2.44 bits per heavy atom. The van der Waals surface area contributed by atoms with Crippen molar-refractivity contribution in [3.63, 3.8) is 0 Å². The van der Waals surface area contributed by atoms with E-state index in [2.05, 4.69) is 38.1 Å². The van der Waals surface area contributed by atoms with E-state index in [0.29, 0.717) is 0 Å². The second-order valence-electron chi connectivity index (χ2n) is 5.86. The van der Waals surface area contributed by atoms with Gasteiger partial charge >= 0.3 is 0 Å². The molecule has 0 nitrogen and oxygen atoms in total. The molecule has 0 atom stereocenters. The van der Waals surface area contributed by atoms with Crippen LogP contribution in [-0.2, 0) is 6.42 Å². The minimum atomic E-state index is 1.18. The summed E-state index contributed by atoms with van der Waals surface area (Å²) in [5, 5.41) is 0. The maximum atomic E-state index is 2.34. The van der Waals surface area contributed by atoms with Crippen LogP contribution in [0.1, 0.15) is 57.1 Å². The number of hydrogen-bond donors (Lipinski definition) is 0. The smallest absolute Gasteiger partial charge is 0.00615 e. The second kappa shape index (κ2) is 4.76. The molecule has 0 heteroatoms. The highest BCUT2D eigenvalue weighted by Gasteiger charge is 2.20. The molecule has 0 aromatic heterocycles. The highest BCUT2D eigenvalue weighted by Crippen LogP contribution is 2.40. The summed E-state index contributed by atoms with van der Waals surface area (Å²) in [6.07, 6.45) is 7.67. The van der Waals surface area contributed by atoms with Crippen molar-refractivity contribution < 1.29 is 0 Å². The van der Waals surface area contributed by atoms with Crippen molar-refractivity contribution in [3.8, 4) is 0 Å². The molecule has 0 bridgehead atoms. The average molecular weight is 238 g/mol. The van der Waals surface area contributed by atoms with Gasteiger partial charge in [-0.3, -0.25) is 0 Å². The zero-order valence-corrected chi connectivity index (χ0v) is 11.6. The summed E-state index contributed by atoms with van der Waals surface area (Å²) in [5.41, 5.74) is 9.66. The lowest BCUT2D eigenvalue weighted by Crippen LogP contribution is -2.07. The van der Waals surface area contributed by atoms with Gasteiger partial charge in [-0.05, 0) is 69.1 Å². The molecule has 0 radical (unpaired) electrons. The second-order valence-corrected chi connectivity index (χ2v) is 5.86. The largest absolute Gasteiger partial charge is 0.0700 e. The van der Waals surface area contributed by atoms with Crippen LogP contribution in [0.4, 0.5) is 0 Å². The molecule has 2 aliphatic carbocycles. The van der Waals surface area contributed by atoms with Gasteiger partial charge in [0, 0.05) is 0 Å². The molecule has 0 N–H and O–H groups in total. The van der Waals surface area contributed by atoms with E-state index in [1.807, 2.05) is 0 Å². The van der Waals surface area contributed by atoms with E-state index in [0.717, 1.165) is 0 Å². The Balaban J connectivity index is 2.10. The first-order valence-electron chi connectivity index (χ1n) is 7.20. The van der Waals surface area contributed by atoms with Crippen molar-refractivity contribution >= 4 is 5.57 Å². The molecule has 0 fully saturated rings. The predicted molar refractivity (Wildman–Crippen MR) is 78.5 cm³/mol. The van der Waals surface area contributed by atoms with Crippen LogP contribution in [0.2, 0.25) is 0 Å². The SMILES string of the molecule is CC1=C(C)CC2=C(CCCCc3ccccc32)C1. The van der Waals surface area contributed by atoms with E-state index in [1.54, 1.807) is 33.4 Å². The first-order valence-corrected chi connectivity index (χ1v) is 7.20. The van der Waals surface area contributed by atoms with E-state index in [4.69, 9.17) is 0 Å². The van der Waals surface area contributed by atoms with E-state index >= 15 is 0 Å². The fraction of sp³-hybridized carbons (Fsp3) is 0.444. The van der Waals surface area contributed by atoms with Gasteiger partial charge in [0.25, 0.3) is 0 Å². The lowest BCUT2D eigenvalue weighted by molar-refractivity contribution is 0.705. The Bertz CT molecular complexity index is 529. The van der Waals surface area contributed by atoms with Crippen molar-refractivity contribution in [2.45, 2.75) is 52.4 Å². The lowest BCUT2D eigenvalue weighted by atomic mass is 9.79. The van der Waals surface area contributed by atoms with E-state index in [1.165, 1.54) is 38.5 Å². The molecule has 18 heavy (non-hydrogen) atoms. The van der Waals surface area contributed by atoms with Gasteiger partial charge in [-0.2, -0.15) is 0 Å². The molecule has 3 rings (SSSR count). The summed E-state index contributed by atoms with van der Waals surface area (Å²) in [5.74, 6) is 0. The number of benzene rings is 1. The van der Waals surface area contributed by atoms with Crippen molar-refractivity contribution in [3.05, 3.63) is 52.1 Å². The molecule has 0 saturated carbocycles. The van der Waals surface area contributed by atoms with Gasteiger partial charge in [0.2, 0.25) is 0 Å². The van der Waals surface area contributed by atoms with Crippen LogP contribution < -0.4 is 0 Å². The van der Waals surface area contributed by atoms with Crippen molar-refractivity contribution in [1.29, 1.82) is 0 Å². The van der Waals surface area contributed by atoms with Gasteiger partial charge in [0.15, 0.2) is 0 Å². The van der Waals surface area contributed by atoms with Gasteiger partial charge in [0.1, 0.15) is 0 Å². The molecule has 1 aromatic carbocycles. The van der Waals surface area contributed by atoms with Gasteiger partial charge in [-0.15, -0.1) is 0 Å². The van der Waals surface area contributed by atoms with E-state index in [9.17, 15) is 0 Å². The summed E-state index contributed by atoms with van der Waals surface area (Å²) in [4.78, 5) is 0. The maximum Gasteiger partial charge on any atom is -0.00615 e. The van der Waals surface area contributed by atoms with E-state index in [-0.39, 0.29) is 0 Å². The predicted octanol–water partition coefficient (Wildman–Crippen LogP) is 5.30. The Labute approximate surface area is 110 Å². The molecule has 0 aliphatic heterocycles. The fourth-order valence-electron chi connectivity index (χ4n) is 3.33. The van der Waals surface area contributed by atoms with Crippen molar-refractivity contribution in [2.75, 3.05) is 0 Å². The van der Waals surface area contributed by atoms with Gasteiger partial charge in [0.05, 0.1) is 0 Å². The summed E-state index contributed by atoms with van der Waals surface area (Å²) in [6, 6.07) is 9.05. The minimum Gasteiger partial charge on any atom is -0.0700 e. The fourth-order valence-corrected chi connectivity index (χ4v) is 3.33. The van der Waals surface area contributed by atoms with Crippen LogP contribution in [0, 0.1) is 0 Å². The summed E-state index contributed by atoms with van der Waals surface area (Å²) < 4.78 is 0. The molecule has 0 heterocycles. The molecule has 0 saturated heterocycles. The maximum absolute atomic E-state index is 2.34. The van der Waals surface area contributed by atoms with Crippen LogP contribution in [0.25, 0.3) is 5.57 Å². The van der Waals surface area contributed by atoms with Crippen LogP contribution in [0.3, 0.4) is 0 Å². The number of fused-ring (bicyclic) bond motifs is 2. The van der Waals surface area contributed by atoms with Crippen LogP contribution in [-0.4, -0.2) is 0 Å². The Kier molecular flexibility index (Phi) is 3.11.